The van der Waals surface area contributed by atoms with Crippen LogP contribution in [-0.4, -0.2) is 16.7 Å². The smallest absolute Gasteiger partial charge is 0.227 e. The highest BCUT2D eigenvalue weighted by atomic mass is 16.3. The highest BCUT2D eigenvalue weighted by Gasteiger charge is 2.25. The number of hydrogen-bond donors (Lipinski definition) is 1. The van der Waals surface area contributed by atoms with Crippen LogP contribution in [0.15, 0.2) is 165 Å². The van der Waals surface area contributed by atoms with Crippen LogP contribution >= 0.6 is 0 Å². The number of para-hydroxylation sites is 1. The van der Waals surface area contributed by atoms with Gasteiger partial charge in [0.1, 0.15) is 28.8 Å². The van der Waals surface area contributed by atoms with Crippen molar-refractivity contribution in [3.05, 3.63) is 162 Å². The molecule has 0 bridgehead atoms. The van der Waals surface area contributed by atoms with Crippen molar-refractivity contribution in [1.82, 2.24) is 10.3 Å². The van der Waals surface area contributed by atoms with Gasteiger partial charge in [0.2, 0.25) is 5.71 Å². The molecule has 6 heteroatoms. The minimum Gasteiger partial charge on any atom is -0.456 e. The number of nitrogens with zero attached hydrogens (tertiary/aromatic N) is 3. The van der Waals surface area contributed by atoms with E-state index in [1.165, 1.54) is 0 Å². The van der Waals surface area contributed by atoms with Crippen LogP contribution in [0.2, 0.25) is 0 Å². The predicted molar refractivity (Wildman–Crippen MR) is 194 cm³/mol. The van der Waals surface area contributed by atoms with Gasteiger partial charge < -0.3 is 14.2 Å². The first-order valence-corrected chi connectivity index (χ1v) is 16.0. The van der Waals surface area contributed by atoms with E-state index in [0.717, 1.165) is 82.7 Å². The molecular weight excluding hydrogens is 592 g/mol. The summed E-state index contributed by atoms with van der Waals surface area (Å²) in [6.45, 7) is 0. The van der Waals surface area contributed by atoms with E-state index in [1.54, 1.807) is 6.20 Å². The Kier molecular flexibility index (Phi) is 5.84. The van der Waals surface area contributed by atoms with Crippen LogP contribution in [-0.2, 0) is 0 Å². The van der Waals surface area contributed by atoms with E-state index in [2.05, 4.69) is 83.1 Å². The maximum atomic E-state index is 6.25. The van der Waals surface area contributed by atoms with E-state index in [-0.39, 0.29) is 0 Å². The first kappa shape index (κ1) is 26.7. The molecule has 226 valence electrons. The molecule has 6 nitrogen and oxygen atoms in total. The average Bonchev–Trinajstić information content (AvgIpc) is 3.73. The van der Waals surface area contributed by atoms with Gasteiger partial charge >= 0.3 is 0 Å². The molecule has 0 aliphatic carbocycles. The number of aromatic nitrogens is 1. The SMILES string of the molecule is c1ccc(C2=NC(c3cccc4oc5ccccc5c34)=NC(c3cc(-c4cccc5oc6ncccc6c45)c4ccccc4c3)N2)cc1. The molecule has 4 heterocycles. The van der Waals surface area contributed by atoms with Gasteiger partial charge in [0, 0.05) is 38.9 Å². The first-order valence-electron chi connectivity index (χ1n) is 16.0. The molecule has 1 atom stereocenters. The largest absolute Gasteiger partial charge is 0.456 e. The predicted octanol–water partition coefficient (Wildman–Crippen LogP) is 10.2. The summed E-state index contributed by atoms with van der Waals surface area (Å²) < 4.78 is 12.4. The third-order valence-corrected chi connectivity index (χ3v) is 9.20. The van der Waals surface area contributed by atoms with Crippen LogP contribution in [0.4, 0.5) is 0 Å². The van der Waals surface area contributed by atoms with Gasteiger partial charge in [0.05, 0.1) is 0 Å². The summed E-state index contributed by atoms with van der Waals surface area (Å²) in [6, 6.07) is 47.7. The van der Waals surface area contributed by atoms with Gasteiger partial charge in [-0.05, 0) is 69.9 Å². The first-order chi connectivity index (χ1) is 23.8. The molecule has 0 amide bonds. The van der Waals surface area contributed by atoms with Gasteiger partial charge in [-0.3, -0.25) is 0 Å². The summed E-state index contributed by atoms with van der Waals surface area (Å²) in [6.07, 6.45) is 1.36. The Labute approximate surface area is 274 Å². The zero-order valence-electron chi connectivity index (χ0n) is 25.6. The molecule has 1 N–H and O–H groups in total. The lowest BCUT2D eigenvalue weighted by Crippen LogP contribution is -2.33. The Morgan fingerprint density at radius 1 is 0.542 bits per heavy atom. The molecule has 1 aliphatic heterocycles. The highest BCUT2D eigenvalue weighted by Crippen LogP contribution is 2.41. The van der Waals surface area contributed by atoms with Crippen LogP contribution in [0.25, 0.3) is 65.9 Å². The average molecular weight is 619 g/mol. The zero-order chi connectivity index (χ0) is 31.6. The molecule has 0 fully saturated rings. The van der Waals surface area contributed by atoms with Crippen molar-refractivity contribution in [2.75, 3.05) is 0 Å². The monoisotopic (exact) mass is 618 g/mol. The van der Waals surface area contributed by atoms with Crippen molar-refractivity contribution in [2.45, 2.75) is 6.17 Å². The lowest BCUT2D eigenvalue weighted by atomic mass is 9.92. The summed E-state index contributed by atoms with van der Waals surface area (Å²) in [5.74, 6) is 1.41. The molecule has 6 aromatic carbocycles. The summed E-state index contributed by atoms with van der Waals surface area (Å²) in [5.41, 5.74) is 8.23. The molecule has 3 aromatic heterocycles. The molecule has 9 aromatic rings. The lowest BCUT2D eigenvalue weighted by molar-refractivity contribution is 0.654. The van der Waals surface area contributed by atoms with E-state index in [4.69, 9.17) is 18.8 Å². The fourth-order valence-corrected chi connectivity index (χ4v) is 7.04. The van der Waals surface area contributed by atoms with Crippen molar-refractivity contribution < 1.29 is 8.83 Å². The molecule has 1 aliphatic rings. The van der Waals surface area contributed by atoms with Gasteiger partial charge in [-0.25, -0.2) is 15.0 Å². The molecule has 0 saturated carbocycles. The second-order valence-electron chi connectivity index (χ2n) is 12.0. The van der Waals surface area contributed by atoms with Crippen LogP contribution in [0.5, 0.6) is 0 Å². The zero-order valence-corrected chi connectivity index (χ0v) is 25.6. The van der Waals surface area contributed by atoms with E-state index in [1.807, 2.05) is 66.7 Å². The van der Waals surface area contributed by atoms with Crippen LogP contribution in [0, 0.1) is 0 Å². The van der Waals surface area contributed by atoms with E-state index < -0.39 is 6.17 Å². The van der Waals surface area contributed by atoms with E-state index in [9.17, 15) is 0 Å². The quantitative estimate of drug-likeness (QED) is 0.213. The fourth-order valence-electron chi connectivity index (χ4n) is 7.04. The van der Waals surface area contributed by atoms with Gasteiger partial charge in [-0.1, -0.05) is 97.1 Å². The number of hydrogen-bond acceptors (Lipinski definition) is 6. The third-order valence-electron chi connectivity index (χ3n) is 9.20. The Hall–Kier alpha value is -6.53. The van der Waals surface area contributed by atoms with Crippen LogP contribution < -0.4 is 5.32 Å². The number of nitrogens with one attached hydrogen (secondary N) is 1. The fraction of sp³-hybridized carbons (Fsp3) is 0.0238. The van der Waals surface area contributed by atoms with Gasteiger partial charge in [-0.2, -0.15) is 0 Å². The third kappa shape index (κ3) is 4.16. The number of aliphatic imine (C=N–C) groups is 2. The normalized spacial score (nSPS) is 14.9. The van der Waals surface area contributed by atoms with Gasteiger partial charge in [-0.15, -0.1) is 0 Å². The Bertz CT molecular complexity index is 2770. The summed E-state index contributed by atoms with van der Waals surface area (Å²) >= 11 is 0. The molecule has 0 radical (unpaired) electrons. The van der Waals surface area contributed by atoms with E-state index in [0.29, 0.717) is 11.5 Å². The maximum Gasteiger partial charge on any atom is 0.227 e. The Balaban J connectivity index is 1.21. The molecule has 0 saturated heterocycles. The molecule has 1 unspecified atom stereocenters. The summed E-state index contributed by atoms with van der Waals surface area (Å²) in [4.78, 5) is 15.0. The number of pyridine rings is 1. The lowest BCUT2D eigenvalue weighted by Gasteiger charge is -2.25. The second-order valence-corrected chi connectivity index (χ2v) is 12.0. The van der Waals surface area contributed by atoms with Crippen molar-refractivity contribution >= 4 is 66.5 Å². The number of furan rings is 2. The standard InChI is InChI=1S/C42H26N4O2/c1-2-11-25(12-3-1)39-44-40(46-41(45-39)31-17-9-20-35-38(31)30-15-6-7-19-34(30)47-35)27-23-26-13-4-5-14-28(26)33(24-27)29-16-8-21-36-37(29)32-18-10-22-43-42(32)48-36/h1-24,40H,(H,44,45,46). The highest BCUT2D eigenvalue weighted by molar-refractivity contribution is 6.22. The topological polar surface area (TPSA) is 75.9 Å². The van der Waals surface area contributed by atoms with Crippen molar-refractivity contribution in [1.29, 1.82) is 0 Å². The Morgan fingerprint density at radius 2 is 1.25 bits per heavy atom. The van der Waals surface area contributed by atoms with Crippen LogP contribution in [0.3, 0.4) is 0 Å². The van der Waals surface area contributed by atoms with Crippen molar-refractivity contribution in [3.8, 4) is 11.1 Å². The molecule has 10 rings (SSSR count). The van der Waals surface area contributed by atoms with Crippen molar-refractivity contribution in [3.63, 3.8) is 0 Å². The number of fused-ring (bicyclic) bond motifs is 7. The molecule has 48 heavy (non-hydrogen) atoms. The Morgan fingerprint density at radius 3 is 2.15 bits per heavy atom. The maximum absolute atomic E-state index is 6.25. The minimum absolute atomic E-state index is 0.411. The number of benzene rings is 6. The molecular formula is C42H26N4O2. The minimum atomic E-state index is -0.411. The summed E-state index contributed by atoms with van der Waals surface area (Å²) in [5, 5.41) is 10.0. The number of amidine groups is 2. The summed E-state index contributed by atoms with van der Waals surface area (Å²) in [7, 11) is 0. The molecule has 0 spiro atoms. The van der Waals surface area contributed by atoms with Gasteiger partial charge in [0.15, 0.2) is 5.84 Å². The van der Waals surface area contributed by atoms with Gasteiger partial charge in [0.25, 0.3) is 0 Å². The van der Waals surface area contributed by atoms with Crippen molar-refractivity contribution in [2.24, 2.45) is 9.98 Å². The van der Waals surface area contributed by atoms with E-state index >= 15 is 0 Å². The number of rotatable bonds is 4. The second kappa shape index (κ2) is 10.5. The van der Waals surface area contributed by atoms with Crippen LogP contribution in [0.1, 0.15) is 22.9 Å².